The van der Waals surface area contributed by atoms with Gasteiger partial charge in [0.2, 0.25) is 0 Å². The van der Waals surface area contributed by atoms with Gasteiger partial charge in [-0.05, 0) is 28.8 Å². The van der Waals surface area contributed by atoms with Gasteiger partial charge in [-0.2, -0.15) is 0 Å². The molecule has 0 spiro atoms. The monoisotopic (exact) mass is 564 g/mol. The quantitative estimate of drug-likeness (QED) is 0.211. The molecule has 0 aliphatic carbocycles. The lowest BCUT2D eigenvalue weighted by molar-refractivity contribution is -0.180. The Morgan fingerprint density at radius 1 is 0.900 bits per heavy atom. The lowest BCUT2D eigenvalue weighted by atomic mass is 9.79. The van der Waals surface area contributed by atoms with Crippen molar-refractivity contribution in [2.75, 3.05) is 20.3 Å². The predicted molar refractivity (Wildman–Crippen MR) is 149 cm³/mol. The third kappa shape index (κ3) is 4.76. The van der Waals surface area contributed by atoms with Gasteiger partial charge in [-0.1, -0.05) is 72.8 Å². The van der Waals surface area contributed by atoms with Crippen molar-refractivity contribution >= 4 is 11.6 Å². The maximum absolute atomic E-state index is 12.7. The lowest BCUT2D eigenvalue weighted by Crippen LogP contribution is -2.53. The highest BCUT2D eigenvalue weighted by atomic mass is 35.5. The molecule has 9 nitrogen and oxygen atoms in total. The Morgan fingerprint density at radius 2 is 1.45 bits per heavy atom. The molecule has 10 heteroatoms. The Bertz CT molecular complexity index is 1500. The molecule has 0 bridgehead atoms. The number of alkyl halides is 1. The van der Waals surface area contributed by atoms with Crippen molar-refractivity contribution in [3.05, 3.63) is 135 Å². The van der Waals surface area contributed by atoms with Crippen LogP contribution in [0.25, 0.3) is 0 Å². The standard InChI is InChI=1S/C30H29ClN2O7/c1-38-23-14-12-22(13-15-23)30(20-8-4-2-5-9-20,21-10-6-3-7-11-21)39-26-25(31)27(40-29(26,18-34)19-35)33-17-16-24(36)32-28(33)37/h2-17,25-27,34-35H,18-19H2,1H3,(H,32,36,37)/t25-,26+,27-/m1/s1. The minimum absolute atomic E-state index is 0.583. The zero-order chi connectivity index (χ0) is 28.3. The molecule has 3 N–H and O–H groups in total. The summed E-state index contributed by atoms with van der Waals surface area (Å²) in [4.78, 5) is 26.5. The summed E-state index contributed by atoms with van der Waals surface area (Å²) >= 11 is 7.00. The van der Waals surface area contributed by atoms with Gasteiger partial charge in [0.1, 0.15) is 28.4 Å². The van der Waals surface area contributed by atoms with Crippen LogP contribution in [0.3, 0.4) is 0 Å². The van der Waals surface area contributed by atoms with Crippen LogP contribution < -0.4 is 16.0 Å². The van der Waals surface area contributed by atoms with Gasteiger partial charge in [-0.15, -0.1) is 11.6 Å². The number of ether oxygens (including phenoxy) is 3. The van der Waals surface area contributed by atoms with E-state index in [2.05, 4.69) is 4.98 Å². The van der Waals surface area contributed by atoms with Crippen molar-refractivity contribution in [2.45, 2.75) is 28.9 Å². The van der Waals surface area contributed by atoms with Gasteiger partial charge in [0.15, 0.2) is 6.23 Å². The van der Waals surface area contributed by atoms with E-state index in [1.165, 1.54) is 6.20 Å². The minimum atomic E-state index is -1.70. The predicted octanol–water partition coefficient (Wildman–Crippen LogP) is 2.78. The maximum atomic E-state index is 12.7. The van der Waals surface area contributed by atoms with Crippen molar-refractivity contribution in [1.82, 2.24) is 9.55 Å². The van der Waals surface area contributed by atoms with Gasteiger partial charge in [-0.3, -0.25) is 14.3 Å². The highest BCUT2D eigenvalue weighted by Gasteiger charge is 2.59. The summed E-state index contributed by atoms with van der Waals surface area (Å²) in [6.07, 6.45) is -1.06. The first-order valence-electron chi connectivity index (χ1n) is 12.7. The van der Waals surface area contributed by atoms with Crippen molar-refractivity contribution in [3.63, 3.8) is 0 Å². The number of nitrogens with zero attached hydrogens (tertiary/aromatic N) is 1. The Hall–Kier alpha value is -3.73. The van der Waals surface area contributed by atoms with Gasteiger partial charge in [0.25, 0.3) is 5.56 Å². The number of H-pyrrole nitrogens is 1. The van der Waals surface area contributed by atoms with Crippen LogP contribution in [-0.4, -0.2) is 57.2 Å². The number of methoxy groups -OCH3 is 1. The SMILES string of the molecule is COc1ccc(C(O[C@H]2[C@@H](Cl)[C@H](n3ccc(=O)[nH]c3=O)OC2(CO)CO)(c2ccccc2)c2ccccc2)cc1. The van der Waals surface area contributed by atoms with E-state index in [1.807, 2.05) is 84.9 Å². The summed E-state index contributed by atoms with van der Waals surface area (Å²) in [5.74, 6) is 0.649. The molecule has 1 saturated heterocycles. The lowest BCUT2D eigenvalue weighted by Gasteiger charge is -2.42. The second kappa shape index (κ2) is 11.4. The number of rotatable bonds is 9. The Kier molecular flexibility index (Phi) is 7.93. The molecule has 3 atom stereocenters. The van der Waals surface area contributed by atoms with E-state index in [0.717, 1.165) is 27.3 Å². The first-order chi connectivity index (χ1) is 19.4. The van der Waals surface area contributed by atoms with Crippen LogP contribution in [0.1, 0.15) is 22.9 Å². The molecule has 0 unspecified atom stereocenters. The third-order valence-electron chi connectivity index (χ3n) is 7.26. The van der Waals surface area contributed by atoms with Crippen molar-refractivity contribution < 1.29 is 24.4 Å². The van der Waals surface area contributed by atoms with Crippen LogP contribution >= 0.6 is 11.6 Å². The number of aliphatic hydroxyl groups excluding tert-OH is 2. The number of aromatic amines is 1. The Labute approximate surface area is 235 Å². The van der Waals surface area contributed by atoms with Crippen LogP contribution in [0.2, 0.25) is 0 Å². The first-order valence-corrected chi connectivity index (χ1v) is 13.1. The second-order valence-corrected chi connectivity index (χ2v) is 10.0. The zero-order valence-electron chi connectivity index (χ0n) is 21.6. The van der Waals surface area contributed by atoms with Crippen molar-refractivity contribution in [1.29, 1.82) is 0 Å². The summed E-state index contributed by atoms with van der Waals surface area (Å²) in [5.41, 5.74) is -2.09. The topological polar surface area (TPSA) is 123 Å². The third-order valence-corrected chi connectivity index (χ3v) is 7.70. The molecule has 0 saturated carbocycles. The summed E-state index contributed by atoms with van der Waals surface area (Å²) < 4.78 is 19.7. The number of hydrogen-bond acceptors (Lipinski definition) is 7. The number of aliphatic hydroxyl groups is 2. The van der Waals surface area contributed by atoms with Crippen LogP contribution in [0.15, 0.2) is 107 Å². The normalized spacial score (nSPS) is 20.4. The Balaban J connectivity index is 1.73. The largest absolute Gasteiger partial charge is 0.497 e. The van der Waals surface area contributed by atoms with E-state index in [0.29, 0.717) is 5.75 Å². The molecule has 208 valence electrons. The number of nitrogens with one attached hydrogen (secondary N) is 1. The molecule has 0 amide bonds. The molecular formula is C30H29ClN2O7. The first kappa shape index (κ1) is 27.8. The molecule has 5 rings (SSSR count). The second-order valence-electron chi connectivity index (χ2n) is 9.53. The number of aromatic nitrogens is 2. The fraction of sp³-hybridized carbons (Fsp3) is 0.267. The van der Waals surface area contributed by atoms with Crippen molar-refractivity contribution in [3.8, 4) is 5.75 Å². The van der Waals surface area contributed by atoms with Gasteiger partial charge in [0, 0.05) is 12.3 Å². The van der Waals surface area contributed by atoms with E-state index in [1.54, 1.807) is 7.11 Å². The van der Waals surface area contributed by atoms with Gasteiger partial charge in [-0.25, -0.2) is 4.79 Å². The number of benzene rings is 3. The van der Waals surface area contributed by atoms with Crippen molar-refractivity contribution in [2.24, 2.45) is 0 Å². The fourth-order valence-electron chi connectivity index (χ4n) is 5.19. The highest BCUT2D eigenvalue weighted by molar-refractivity contribution is 6.21. The summed E-state index contributed by atoms with van der Waals surface area (Å²) in [7, 11) is 1.58. The van der Waals surface area contributed by atoms with E-state index in [9.17, 15) is 19.8 Å². The van der Waals surface area contributed by atoms with E-state index >= 15 is 0 Å². The molecule has 0 radical (unpaired) electrons. The van der Waals surface area contributed by atoms with Crippen LogP contribution in [-0.2, 0) is 15.1 Å². The molecule has 1 aromatic heterocycles. The summed E-state index contributed by atoms with van der Waals surface area (Å²) in [5, 5.41) is 20.1. The molecule has 1 aliphatic heterocycles. The average Bonchev–Trinajstić information content (AvgIpc) is 3.27. The number of hydrogen-bond donors (Lipinski definition) is 3. The molecule has 2 heterocycles. The molecule has 1 fully saturated rings. The molecular weight excluding hydrogens is 536 g/mol. The fourth-order valence-corrected chi connectivity index (χ4v) is 5.65. The zero-order valence-corrected chi connectivity index (χ0v) is 22.4. The molecule has 3 aromatic carbocycles. The molecule has 1 aliphatic rings. The van der Waals surface area contributed by atoms with Gasteiger partial charge in [0.05, 0.1) is 20.3 Å². The van der Waals surface area contributed by atoms with Crippen LogP contribution in [0.5, 0.6) is 5.75 Å². The van der Waals surface area contributed by atoms with Crippen LogP contribution in [0, 0.1) is 0 Å². The van der Waals surface area contributed by atoms with E-state index in [-0.39, 0.29) is 0 Å². The Morgan fingerprint density at radius 3 is 1.95 bits per heavy atom. The van der Waals surface area contributed by atoms with Gasteiger partial charge < -0.3 is 24.4 Å². The average molecular weight is 565 g/mol. The molecule has 40 heavy (non-hydrogen) atoms. The van der Waals surface area contributed by atoms with Gasteiger partial charge >= 0.3 is 5.69 Å². The van der Waals surface area contributed by atoms with Crippen LogP contribution in [0.4, 0.5) is 0 Å². The maximum Gasteiger partial charge on any atom is 0.330 e. The highest BCUT2D eigenvalue weighted by Crippen LogP contribution is 2.49. The van der Waals surface area contributed by atoms with E-state index in [4.69, 9.17) is 25.8 Å². The number of halogens is 1. The summed E-state index contributed by atoms with van der Waals surface area (Å²) in [6, 6.07) is 27.5. The summed E-state index contributed by atoms with van der Waals surface area (Å²) in [6.45, 7) is -1.32. The van der Waals surface area contributed by atoms with E-state index < -0.39 is 53.4 Å². The molecule has 4 aromatic rings. The minimum Gasteiger partial charge on any atom is -0.497 e. The smallest absolute Gasteiger partial charge is 0.330 e.